The number of anilines is 2. The monoisotopic (exact) mass is 344 g/mol. The Morgan fingerprint density at radius 1 is 1.00 bits per heavy atom. The van der Waals surface area contributed by atoms with Crippen LogP contribution in [0.4, 0.5) is 11.5 Å². The van der Waals surface area contributed by atoms with Gasteiger partial charge in [-0.05, 0) is 44.0 Å². The lowest BCUT2D eigenvalue weighted by atomic mass is 10.1. The quantitative estimate of drug-likeness (QED) is 0.732. The van der Waals surface area contributed by atoms with Crippen molar-refractivity contribution in [2.24, 2.45) is 0 Å². The Morgan fingerprint density at radius 2 is 1.73 bits per heavy atom. The van der Waals surface area contributed by atoms with E-state index in [4.69, 9.17) is 0 Å². The van der Waals surface area contributed by atoms with E-state index in [0.717, 1.165) is 29.8 Å². The van der Waals surface area contributed by atoms with Gasteiger partial charge in [0.2, 0.25) is 0 Å². The number of benzene rings is 2. The molecule has 1 aliphatic rings. The zero-order valence-electron chi connectivity index (χ0n) is 14.6. The van der Waals surface area contributed by atoms with Gasteiger partial charge in [-0.2, -0.15) is 0 Å². The molecule has 2 aromatic carbocycles. The lowest BCUT2D eigenvalue weighted by molar-refractivity contribution is 0.0951. The molecule has 0 saturated heterocycles. The summed E-state index contributed by atoms with van der Waals surface area (Å²) in [6.07, 6.45) is 3.72. The largest absolute Gasteiger partial charge is 0.349 e. The van der Waals surface area contributed by atoms with Gasteiger partial charge in [0.05, 0.1) is 5.69 Å². The lowest BCUT2D eigenvalue weighted by Crippen LogP contribution is -2.25. The molecule has 0 unspecified atom stereocenters. The summed E-state index contributed by atoms with van der Waals surface area (Å²) < 4.78 is 0. The summed E-state index contributed by atoms with van der Waals surface area (Å²) in [5, 5.41) is 6.25. The van der Waals surface area contributed by atoms with Crippen molar-refractivity contribution >= 4 is 17.4 Å². The van der Waals surface area contributed by atoms with Crippen molar-refractivity contribution in [3.63, 3.8) is 0 Å². The second-order valence-corrected chi connectivity index (χ2v) is 6.60. The van der Waals surface area contributed by atoms with Crippen LogP contribution in [0.25, 0.3) is 11.3 Å². The molecular formula is C21H20N4O. The minimum absolute atomic E-state index is 0.0113. The van der Waals surface area contributed by atoms with Crippen LogP contribution in [-0.2, 0) is 0 Å². The van der Waals surface area contributed by atoms with Crippen LogP contribution < -0.4 is 10.6 Å². The molecule has 1 amide bonds. The Hall–Kier alpha value is -3.21. The third kappa shape index (κ3) is 3.88. The zero-order valence-corrected chi connectivity index (χ0v) is 14.6. The topological polar surface area (TPSA) is 66.9 Å². The molecule has 1 aromatic heterocycles. The minimum Gasteiger partial charge on any atom is -0.349 e. The van der Waals surface area contributed by atoms with Gasteiger partial charge in [0.25, 0.3) is 5.91 Å². The van der Waals surface area contributed by atoms with Gasteiger partial charge in [-0.15, -0.1) is 0 Å². The molecule has 26 heavy (non-hydrogen) atoms. The molecule has 0 aliphatic heterocycles. The fourth-order valence-corrected chi connectivity index (χ4v) is 2.66. The first-order valence-corrected chi connectivity index (χ1v) is 8.74. The van der Waals surface area contributed by atoms with Gasteiger partial charge in [-0.3, -0.25) is 4.79 Å². The molecule has 5 nitrogen and oxygen atoms in total. The second kappa shape index (κ2) is 6.96. The summed E-state index contributed by atoms with van der Waals surface area (Å²) in [6, 6.07) is 17.9. The molecule has 5 heteroatoms. The Bertz CT molecular complexity index is 916. The van der Waals surface area contributed by atoms with E-state index in [9.17, 15) is 4.79 Å². The minimum atomic E-state index is -0.0113. The first-order chi connectivity index (χ1) is 12.7. The van der Waals surface area contributed by atoms with Crippen molar-refractivity contribution in [1.82, 2.24) is 15.3 Å². The smallest absolute Gasteiger partial charge is 0.251 e. The van der Waals surface area contributed by atoms with Crippen molar-refractivity contribution in [3.8, 4) is 11.3 Å². The van der Waals surface area contributed by atoms with Gasteiger partial charge in [0, 0.05) is 28.9 Å². The second-order valence-electron chi connectivity index (χ2n) is 6.60. The molecule has 130 valence electrons. The van der Waals surface area contributed by atoms with Crippen LogP contribution in [0.15, 0.2) is 60.9 Å². The summed E-state index contributed by atoms with van der Waals surface area (Å²) in [4.78, 5) is 20.7. The summed E-state index contributed by atoms with van der Waals surface area (Å²) in [5.41, 5.74) is 4.68. The van der Waals surface area contributed by atoms with Gasteiger partial charge in [0.1, 0.15) is 12.1 Å². The van der Waals surface area contributed by atoms with Crippen molar-refractivity contribution in [2.75, 3.05) is 5.32 Å². The van der Waals surface area contributed by atoms with Gasteiger partial charge >= 0.3 is 0 Å². The summed E-state index contributed by atoms with van der Waals surface area (Å²) in [6.45, 7) is 2.06. The third-order valence-electron chi connectivity index (χ3n) is 4.35. The first-order valence-electron chi connectivity index (χ1n) is 8.74. The predicted octanol–water partition coefficient (Wildman–Crippen LogP) is 4.09. The maximum atomic E-state index is 12.0. The fraction of sp³-hybridized carbons (Fsp3) is 0.190. The van der Waals surface area contributed by atoms with Gasteiger partial charge in [-0.1, -0.05) is 29.8 Å². The number of nitrogens with one attached hydrogen (secondary N) is 2. The number of hydrogen-bond donors (Lipinski definition) is 2. The van der Waals surface area contributed by atoms with Crippen LogP contribution in [0.2, 0.25) is 0 Å². The predicted molar refractivity (Wildman–Crippen MR) is 102 cm³/mol. The van der Waals surface area contributed by atoms with Crippen LogP contribution in [0.1, 0.15) is 28.8 Å². The number of carbonyl (C=O) groups is 1. The average Bonchev–Trinajstić information content (AvgIpc) is 3.47. The number of hydrogen-bond acceptors (Lipinski definition) is 4. The maximum Gasteiger partial charge on any atom is 0.251 e. The first kappa shape index (κ1) is 16.3. The molecule has 0 spiro atoms. The highest BCUT2D eigenvalue weighted by Crippen LogP contribution is 2.22. The number of aromatic nitrogens is 2. The van der Waals surface area contributed by atoms with Crippen molar-refractivity contribution in [3.05, 3.63) is 72.1 Å². The summed E-state index contributed by atoms with van der Waals surface area (Å²) in [7, 11) is 0. The maximum absolute atomic E-state index is 12.0. The highest BCUT2D eigenvalue weighted by atomic mass is 16.1. The van der Waals surface area contributed by atoms with E-state index in [1.54, 1.807) is 6.33 Å². The van der Waals surface area contributed by atoms with E-state index in [-0.39, 0.29) is 5.91 Å². The Morgan fingerprint density at radius 3 is 2.42 bits per heavy atom. The molecule has 4 rings (SSSR count). The van der Waals surface area contributed by atoms with Crippen LogP contribution in [0, 0.1) is 6.92 Å². The number of amides is 1. The normalized spacial score (nSPS) is 13.3. The van der Waals surface area contributed by atoms with E-state index in [0.29, 0.717) is 17.4 Å². The number of rotatable bonds is 5. The van der Waals surface area contributed by atoms with Crippen LogP contribution in [0.3, 0.4) is 0 Å². The fourth-order valence-electron chi connectivity index (χ4n) is 2.66. The SMILES string of the molecule is Cc1ccc(-c2cc(Nc3ccc(C(=O)NC4CC4)cc3)ncn2)cc1. The molecule has 1 aliphatic carbocycles. The van der Waals surface area contributed by atoms with Crippen LogP contribution in [-0.4, -0.2) is 21.9 Å². The number of carbonyl (C=O) groups excluding carboxylic acids is 1. The van der Waals surface area contributed by atoms with Gasteiger partial charge in [0.15, 0.2) is 0 Å². The molecule has 0 atom stereocenters. The van der Waals surface area contributed by atoms with Crippen molar-refractivity contribution < 1.29 is 4.79 Å². The van der Waals surface area contributed by atoms with E-state index >= 15 is 0 Å². The molecule has 1 heterocycles. The zero-order chi connectivity index (χ0) is 17.9. The molecule has 1 fully saturated rings. The molecule has 1 saturated carbocycles. The van der Waals surface area contributed by atoms with Gasteiger partial charge in [-0.25, -0.2) is 9.97 Å². The Balaban J connectivity index is 1.47. The summed E-state index contributed by atoms with van der Waals surface area (Å²) >= 11 is 0. The van der Waals surface area contributed by atoms with E-state index < -0.39 is 0 Å². The van der Waals surface area contributed by atoms with Gasteiger partial charge < -0.3 is 10.6 Å². The summed E-state index contributed by atoms with van der Waals surface area (Å²) in [5.74, 6) is 0.702. The molecular weight excluding hydrogens is 324 g/mol. The highest BCUT2D eigenvalue weighted by Gasteiger charge is 2.23. The lowest BCUT2D eigenvalue weighted by Gasteiger charge is -2.08. The molecule has 0 bridgehead atoms. The molecule has 2 N–H and O–H groups in total. The number of nitrogens with zero attached hydrogens (tertiary/aromatic N) is 2. The van der Waals surface area contributed by atoms with Crippen LogP contribution >= 0.6 is 0 Å². The Kier molecular flexibility index (Phi) is 4.35. The third-order valence-corrected chi connectivity index (χ3v) is 4.35. The van der Waals surface area contributed by atoms with E-state index in [2.05, 4.69) is 51.8 Å². The van der Waals surface area contributed by atoms with Crippen LogP contribution in [0.5, 0.6) is 0 Å². The average molecular weight is 344 g/mol. The molecule has 3 aromatic rings. The van der Waals surface area contributed by atoms with E-state index in [1.165, 1.54) is 5.56 Å². The highest BCUT2D eigenvalue weighted by molar-refractivity contribution is 5.95. The van der Waals surface area contributed by atoms with E-state index in [1.807, 2.05) is 30.3 Å². The Labute approximate surface area is 152 Å². The standard InChI is InChI=1S/C21H20N4O/c1-14-2-4-15(5-3-14)19-12-20(23-13-22-19)24-17-8-6-16(7-9-17)21(26)25-18-10-11-18/h2-9,12-13,18H,10-11H2,1H3,(H,25,26)(H,22,23,24). The number of aryl methyl sites for hydroxylation is 1. The van der Waals surface area contributed by atoms with Crippen molar-refractivity contribution in [2.45, 2.75) is 25.8 Å². The van der Waals surface area contributed by atoms with Crippen molar-refractivity contribution in [1.29, 1.82) is 0 Å². The molecule has 0 radical (unpaired) electrons.